The highest BCUT2D eigenvalue weighted by Gasteiger charge is 2.24. The van der Waals surface area contributed by atoms with E-state index < -0.39 is 5.97 Å². The Morgan fingerprint density at radius 3 is 2.74 bits per heavy atom. The van der Waals surface area contributed by atoms with Crippen molar-refractivity contribution in [1.29, 1.82) is 0 Å². The summed E-state index contributed by atoms with van der Waals surface area (Å²) in [6, 6.07) is 14.9. The molecule has 0 saturated carbocycles. The van der Waals surface area contributed by atoms with Gasteiger partial charge in [0.2, 0.25) is 6.41 Å². The Hall–Kier alpha value is -2.82. The van der Waals surface area contributed by atoms with Crippen LogP contribution in [0.5, 0.6) is 5.75 Å². The predicted octanol–water partition coefficient (Wildman–Crippen LogP) is 2.57. The minimum atomic E-state index is -0.413. The lowest BCUT2D eigenvalue weighted by Crippen LogP contribution is -2.26. The lowest BCUT2D eigenvalue weighted by atomic mass is 10.1. The highest BCUT2D eigenvalue weighted by Crippen LogP contribution is 2.31. The predicted molar refractivity (Wildman–Crippen MR) is 84.1 cm³/mol. The largest absolute Gasteiger partial charge is 0.483 e. The fraction of sp³-hybridized carbons (Fsp3) is 0.222. The first kappa shape index (κ1) is 15.1. The van der Waals surface area contributed by atoms with E-state index in [9.17, 15) is 9.59 Å². The number of methoxy groups -OCH3 is 1. The molecule has 0 spiro atoms. The van der Waals surface area contributed by atoms with Crippen molar-refractivity contribution >= 4 is 12.4 Å². The van der Waals surface area contributed by atoms with Crippen LogP contribution in [-0.4, -0.2) is 30.9 Å². The minimum Gasteiger partial charge on any atom is -0.483 e. The molecule has 2 aromatic rings. The van der Waals surface area contributed by atoms with E-state index in [1.165, 1.54) is 7.11 Å². The number of hydrogen-bond donors (Lipinski definition) is 0. The average Bonchev–Trinajstić information content (AvgIpc) is 2.80. The van der Waals surface area contributed by atoms with Gasteiger partial charge >= 0.3 is 5.97 Å². The smallest absolute Gasteiger partial charge is 0.337 e. The molecule has 0 bridgehead atoms. The molecule has 5 nitrogen and oxygen atoms in total. The Bertz CT molecular complexity index is 714. The van der Waals surface area contributed by atoms with Crippen molar-refractivity contribution in [2.75, 3.05) is 13.7 Å². The second kappa shape index (κ2) is 6.52. The molecule has 3 rings (SSSR count). The summed E-state index contributed by atoms with van der Waals surface area (Å²) in [5.74, 6) is 0.190. The third kappa shape index (κ3) is 3.18. The molecule has 118 valence electrons. The second-order valence-corrected chi connectivity index (χ2v) is 5.37. The third-order valence-corrected chi connectivity index (χ3v) is 3.85. The van der Waals surface area contributed by atoms with Crippen molar-refractivity contribution in [2.24, 2.45) is 0 Å². The Morgan fingerprint density at radius 2 is 2.04 bits per heavy atom. The van der Waals surface area contributed by atoms with Gasteiger partial charge in [-0.25, -0.2) is 4.79 Å². The van der Waals surface area contributed by atoms with Crippen LogP contribution >= 0.6 is 0 Å². The van der Waals surface area contributed by atoms with Gasteiger partial charge in [0.05, 0.1) is 19.2 Å². The molecule has 0 aromatic heterocycles. The van der Waals surface area contributed by atoms with Crippen LogP contribution in [-0.2, 0) is 16.1 Å². The summed E-state index contributed by atoms with van der Waals surface area (Å²) < 4.78 is 10.9. The summed E-state index contributed by atoms with van der Waals surface area (Å²) in [5, 5.41) is 0. The average molecular weight is 311 g/mol. The molecule has 23 heavy (non-hydrogen) atoms. The Kier molecular flexibility index (Phi) is 4.28. The van der Waals surface area contributed by atoms with Gasteiger partial charge in [-0.1, -0.05) is 36.4 Å². The van der Waals surface area contributed by atoms with Crippen molar-refractivity contribution in [1.82, 2.24) is 4.90 Å². The lowest BCUT2D eigenvalue weighted by Gasteiger charge is -2.20. The lowest BCUT2D eigenvalue weighted by molar-refractivity contribution is -0.119. The molecule has 0 saturated heterocycles. The molecule has 0 aliphatic carbocycles. The highest BCUT2D eigenvalue weighted by atomic mass is 16.5. The van der Waals surface area contributed by atoms with Crippen LogP contribution in [0.4, 0.5) is 0 Å². The number of ether oxygens (including phenoxy) is 2. The van der Waals surface area contributed by atoms with Crippen LogP contribution in [0.25, 0.3) is 0 Å². The number of nitrogens with zero attached hydrogens (tertiary/aromatic N) is 1. The van der Waals surface area contributed by atoms with Crippen LogP contribution in [0.15, 0.2) is 48.5 Å². The molecule has 0 fully saturated rings. The van der Waals surface area contributed by atoms with Crippen molar-refractivity contribution < 1.29 is 19.1 Å². The van der Waals surface area contributed by atoms with Crippen molar-refractivity contribution in [2.45, 2.75) is 12.6 Å². The van der Waals surface area contributed by atoms with Crippen LogP contribution in [0, 0.1) is 0 Å². The van der Waals surface area contributed by atoms with E-state index >= 15 is 0 Å². The summed E-state index contributed by atoms with van der Waals surface area (Å²) in [4.78, 5) is 24.7. The maximum atomic E-state index is 11.7. The summed E-state index contributed by atoms with van der Waals surface area (Å²) >= 11 is 0. The maximum absolute atomic E-state index is 11.7. The summed E-state index contributed by atoms with van der Waals surface area (Å²) in [6.45, 7) is 0.902. The van der Waals surface area contributed by atoms with Gasteiger partial charge in [-0.15, -0.1) is 0 Å². The van der Waals surface area contributed by atoms with Gasteiger partial charge in [0.25, 0.3) is 0 Å². The van der Waals surface area contributed by atoms with E-state index in [0.29, 0.717) is 24.4 Å². The fourth-order valence-corrected chi connectivity index (χ4v) is 2.65. The maximum Gasteiger partial charge on any atom is 0.337 e. The van der Waals surface area contributed by atoms with E-state index in [4.69, 9.17) is 9.47 Å². The Balaban J connectivity index is 1.99. The molecule has 1 aliphatic rings. The first-order chi connectivity index (χ1) is 11.2. The number of benzene rings is 2. The molecule has 0 radical (unpaired) electrons. The van der Waals surface area contributed by atoms with Crippen molar-refractivity contribution in [3.8, 4) is 5.75 Å². The minimum absolute atomic E-state index is 0.282. The van der Waals surface area contributed by atoms with Crippen molar-refractivity contribution in [3.63, 3.8) is 0 Å². The molecule has 1 heterocycles. The van der Waals surface area contributed by atoms with Gasteiger partial charge in [0.1, 0.15) is 11.9 Å². The molecular weight excluding hydrogens is 294 g/mol. The van der Waals surface area contributed by atoms with E-state index in [-0.39, 0.29) is 6.10 Å². The summed E-state index contributed by atoms with van der Waals surface area (Å²) in [6.07, 6.45) is 0.540. The molecule has 5 heteroatoms. The monoisotopic (exact) mass is 311 g/mol. The first-order valence-corrected chi connectivity index (χ1v) is 7.33. The number of esters is 1. The van der Waals surface area contributed by atoms with Gasteiger partial charge in [-0.3, -0.25) is 4.79 Å². The topological polar surface area (TPSA) is 55.8 Å². The molecule has 2 aromatic carbocycles. The molecule has 1 aliphatic heterocycles. The van der Waals surface area contributed by atoms with Gasteiger partial charge < -0.3 is 14.4 Å². The van der Waals surface area contributed by atoms with Gasteiger partial charge in [0.15, 0.2) is 0 Å². The summed E-state index contributed by atoms with van der Waals surface area (Å²) in [5.41, 5.74) is 2.27. The first-order valence-electron chi connectivity index (χ1n) is 7.33. The SMILES string of the molecule is COC(=O)c1ccc2c(c1)OC(c1ccccc1)CN(C=O)C2. The standard InChI is InChI=1S/C18H17NO4/c1-22-18(21)14-7-8-15-10-19(12-20)11-17(23-16(15)9-14)13-5-3-2-4-6-13/h2-9,12,17H,10-11H2,1H3. The zero-order chi connectivity index (χ0) is 16.2. The third-order valence-electron chi connectivity index (χ3n) is 3.85. The van der Waals surface area contributed by atoms with Gasteiger partial charge in [0, 0.05) is 12.1 Å². The number of fused-ring (bicyclic) bond motifs is 1. The van der Waals surface area contributed by atoms with E-state index in [1.807, 2.05) is 30.3 Å². The van der Waals surface area contributed by atoms with Crippen LogP contribution in [0.2, 0.25) is 0 Å². The van der Waals surface area contributed by atoms with Gasteiger partial charge in [-0.05, 0) is 17.7 Å². The van der Waals surface area contributed by atoms with Gasteiger partial charge in [-0.2, -0.15) is 0 Å². The molecular formula is C18H17NO4. The molecule has 1 unspecified atom stereocenters. The van der Waals surface area contributed by atoms with E-state index in [1.54, 1.807) is 23.1 Å². The number of hydrogen-bond acceptors (Lipinski definition) is 4. The summed E-state index contributed by atoms with van der Waals surface area (Å²) in [7, 11) is 1.34. The highest BCUT2D eigenvalue weighted by molar-refractivity contribution is 5.90. The fourth-order valence-electron chi connectivity index (χ4n) is 2.65. The Morgan fingerprint density at radius 1 is 1.26 bits per heavy atom. The van der Waals surface area contributed by atoms with Crippen LogP contribution < -0.4 is 4.74 Å². The number of carbonyl (C=O) groups excluding carboxylic acids is 2. The quantitative estimate of drug-likeness (QED) is 0.646. The number of carbonyl (C=O) groups is 2. The Labute approximate surface area is 134 Å². The normalized spacial score (nSPS) is 16.7. The second-order valence-electron chi connectivity index (χ2n) is 5.37. The zero-order valence-corrected chi connectivity index (χ0v) is 12.8. The molecule has 0 N–H and O–H groups in total. The van der Waals surface area contributed by atoms with Crippen molar-refractivity contribution in [3.05, 3.63) is 65.2 Å². The number of rotatable bonds is 3. The number of amides is 1. The van der Waals surface area contributed by atoms with E-state index in [2.05, 4.69) is 0 Å². The molecule has 1 amide bonds. The molecule has 1 atom stereocenters. The van der Waals surface area contributed by atoms with Crippen LogP contribution in [0.3, 0.4) is 0 Å². The zero-order valence-electron chi connectivity index (χ0n) is 12.8. The van der Waals surface area contributed by atoms with E-state index in [0.717, 1.165) is 17.5 Å². The van der Waals surface area contributed by atoms with Crippen LogP contribution in [0.1, 0.15) is 27.6 Å².